The summed E-state index contributed by atoms with van der Waals surface area (Å²) in [5.41, 5.74) is 4.31. The van der Waals surface area contributed by atoms with E-state index >= 15 is 0 Å². The van der Waals surface area contributed by atoms with E-state index in [-0.39, 0.29) is 23.0 Å². The number of hydrogen-bond acceptors (Lipinski definition) is 3. The van der Waals surface area contributed by atoms with Gasteiger partial charge in [0.1, 0.15) is 11.9 Å². The largest absolute Gasteiger partial charge is 0.367 e. The highest BCUT2D eigenvalue weighted by Crippen LogP contribution is 2.37. The zero-order valence-corrected chi connectivity index (χ0v) is 16.8. The van der Waals surface area contributed by atoms with Crippen LogP contribution in [-0.2, 0) is 16.0 Å². The van der Waals surface area contributed by atoms with Crippen LogP contribution in [0, 0.1) is 5.82 Å². The van der Waals surface area contributed by atoms with Crippen molar-refractivity contribution >= 4 is 17.7 Å². The third-order valence-corrected chi connectivity index (χ3v) is 6.70. The lowest BCUT2D eigenvalue weighted by Gasteiger charge is -2.40. The standard InChI is InChI=1S/C23H24FNO2S/c1-15-13-20(27-14-21(15)28-2)23(26)25-12-11-16-5-3-4-6-19(16)22(25)17-7-9-18(24)10-8-17/h3-10,20-22H,1,11-14H2,2H3/t20-,21+,22+/m1/s1. The van der Waals surface area contributed by atoms with Gasteiger partial charge < -0.3 is 9.64 Å². The predicted molar refractivity (Wildman–Crippen MR) is 111 cm³/mol. The van der Waals surface area contributed by atoms with E-state index in [1.54, 1.807) is 23.9 Å². The molecule has 1 fully saturated rings. The summed E-state index contributed by atoms with van der Waals surface area (Å²) in [4.78, 5) is 15.3. The number of rotatable bonds is 3. The first-order chi connectivity index (χ1) is 13.6. The van der Waals surface area contributed by atoms with Crippen LogP contribution in [0.2, 0.25) is 0 Å². The Morgan fingerprint density at radius 3 is 2.68 bits per heavy atom. The number of nitrogens with zero attached hydrogens (tertiary/aromatic N) is 1. The van der Waals surface area contributed by atoms with Gasteiger partial charge in [0.05, 0.1) is 12.6 Å². The van der Waals surface area contributed by atoms with Crippen LogP contribution < -0.4 is 0 Å². The van der Waals surface area contributed by atoms with Crippen molar-refractivity contribution in [3.63, 3.8) is 0 Å². The number of hydrogen-bond donors (Lipinski definition) is 0. The van der Waals surface area contributed by atoms with Gasteiger partial charge in [-0.2, -0.15) is 11.8 Å². The molecule has 146 valence electrons. The molecule has 2 heterocycles. The van der Waals surface area contributed by atoms with E-state index in [9.17, 15) is 9.18 Å². The van der Waals surface area contributed by atoms with E-state index in [0.717, 1.165) is 23.1 Å². The molecule has 2 aromatic rings. The summed E-state index contributed by atoms with van der Waals surface area (Å²) in [5.74, 6) is -0.287. The van der Waals surface area contributed by atoms with Crippen LogP contribution in [0.1, 0.15) is 29.2 Å². The first-order valence-corrected chi connectivity index (χ1v) is 10.8. The lowest BCUT2D eigenvalue weighted by Crippen LogP contribution is -2.48. The van der Waals surface area contributed by atoms with E-state index in [1.165, 1.54) is 17.7 Å². The maximum absolute atomic E-state index is 13.5. The SMILES string of the molecule is C=C1C[C@H](C(=O)N2CCc3ccccc3[C@@H]2c2ccc(F)cc2)OC[C@@H]1SC. The summed E-state index contributed by atoms with van der Waals surface area (Å²) < 4.78 is 19.4. The average Bonchev–Trinajstić information content (AvgIpc) is 2.73. The molecular weight excluding hydrogens is 373 g/mol. The maximum Gasteiger partial charge on any atom is 0.252 e. The molecule has 5 heteroatoms. The minimum absolute atomic E-state index is 0.00969. The highest BCUT2D eigenvalue weighted by atomic mass is 32.2. The molecule has 28 heavy (non-hydrogen) atoms. The highest BCUT2D eigenvalue weighted by molar-refractivity contribution is 7.99. The molecule has 3 atom stereocenters. The van der Waals surface area contributed by atoms with Crippen LogP contribution in [0.15, 0.2) is 60.7 Å². The molecule has 0 spiro atoms. The number of amides is 1. The summed E-state index contributed by atoms with van der Waals surface area (Å²) in [6.45, 7) is 5.29. The summed E-state index contributed by atoms with van der Waals surface area (Å²) in [7, 11) is 0. The fraction of sp³-hybridized carbons (Fsp3) is 0.348. The monoisotopic (exact) mass is 397 g/mol. The topological polar surface area (TPSA) is 29.5 Å². The molecule has 3 nitrogen and oxygen atoms in total. The Hall–Kier alpha value is -2.11. The minimum atomic E-state index is -0.496. The zero-order chi connectivity index (χ0) is 19.7. The molecule has 4 rings (SSSR count). The van der Waals surface area contributed by atoms with Gasteiger partial charge in [0.2, 0.25) is 0 Å². The molecule has 2 aromatic carbocycles. The molecule has 0 radical (unpaired) electrons. The van der Waals surface area contributed by atoms with E-state index in [0.29, 0.717) is 19.6 Å². The Morgan fingerprint density at radius 1 is 1.21 bits per heavy atom. The molecule has 2 aliphatic heterocycles. The number of fused-ring (bicyclic) bond motifs is 1. The molecule has 0 saturated carbocycles. The number of carbonyl (C=O) groups is 1. The molecular formula is C23H24FNO2S. The van der Waals surface area contributed by atoms with Crippen molar-refractivity contribution in [2.45, 2.75) is 30.2 Å². The van der Waals surface area contributed by atoms with Gasteiger partial charge in [0, 0.05) is 18.2 Å². The number of benzene rings is 2. The molecule has 1 saturated heterocycles. The Bertz CT molecular complexity index is 882. The van der Waals surface area contributed by atoms with Crippen molar-refractivity contribution < 1.29 is 13.9 Å². The van der Waals surface area contributed by atoms with Crippen LogP contribution in [0.4, 0.5) is 4.39 Å². The second-order valence-corrected chi connectivity index (χ2v) is 8.38. The van der Waals surface area contributed by atoms with Crippen molar-refractivity contribution in [3.8, 4) is 0 Å². The van der Waals surface area contributed by atoms with Gasteiger partial charge in [-0.3, -0.25) is 4.79 Å². The first kappa shape index (κ1) is 19.2. The Kier molecular flexibility index (Phi) is 5.56. The van der Waals surface area contributed by atoms with Gasteiger partial charge in [-0.15, -0.1) is 0 Å². The number of halogens is 1. The van der Waals surface area contributed by atoms with Crippen LogP contribution in [0.3, 0.4) is 0 Å². The summed E-state index contributed by atoms with van der Waals surface area (Å²) in [5, 5.41) is 0.249. The second-order valence-electron chi connectivity index (χ2n) is 7.34. The Balaban J connectivity index is 1.66. The summed E-state index contributed by atoms with van der Waals surface area (Å²) in [6, 6.07) is 14.4. The molecule has 0 aliphatic carbocycles. The number of carbonyl (C=O) groups excluding carboxylic acids is 1. The van der Waals surface area contributed by atoms with Crippen LogP contribution >= 0.6 is 11.8 Å². The smallest absolute Gasteiger partial charge is 0.252 e. The van der Waals surface area contributed by atoms with Crippen molar-refractivity contribution in [3.05, 3.63) is 83.2 Å². The van der Waals surface area contributed by atoms with Gasteiger partial charge in [0.25, 0.3) is 5.91 Å². The van der Waals surface area contributed by atoms with Crippen LogP contribution in [0.25, 0.3) is 0 Å². The lowest BCUT2D eigenvalue weighted by atomic mass is 9.87. The van der Waals surface area contributed by atoms with Crippen LogP contribution in [0.5, 0.6) is 0 Å². The Morgan fingerprint density at radius 2 is 1.96 bits per heavy atom. The van der Waals surface area contributed by atoms with Crippen molar-refractivity contribution in [2.24, 2.45) is 0 Å². The van der Waals surface area contributed by atoms with Crippen molar-refractivity contribution in [1.82, 2.24) is 4.90 Å². The first-order valence-electron chi connectivity index (χ1n) is 9.54. The van der Waals surface area contributed by atoms with Gasteiger partial charge >= 0.3 is 0 Å². The van der Waals surface area contributed by atoms with Crippen LogP contribution in [-0.4, -0.2) is 41.6 Å². The third kappa shape index (κ3) is 3.61. The van der Waals surface area contributed by atoms with Gasteiger partial charge in [0.15, 0.2) is 0 Å². The minimum Gasteiger partial charge on any atom is -0.367 e. The van der Waals surface area contributed by atoms with Crippen molar-refractivity contribution in [2.75, 3.05) is 19.4 Å². The van der Waals surface area contributed by atoms with Gasteiger partial charge in [-0.1, -0.05) is 48.6 Å². The Labute approximate surface area is 169 Å². The average molecular weight is 398 g/mol. The van der Waals surface area contributed by atoms with E-state index < -0.39 is 6.10 Å². The normalized spacial score (nSPS) is 24.7. The molecule has 0 unspecified atom stereocenters. The maximum atomic E-state index is 13.5. The number of ether oxygens (including phenoxy) is 1. The fourth-order valence-corrected chi connectivity index (χ4v) is 4.78. The van der Waals surface area contributed by atoms with Crippen molar-refractivity contribution in [1.29, 1.82) is 0 Å². The molecule has 0 aromatic heterocycles. The molecule has 2 aliphatic rings. The molecule has 1 amide bonds. The van der Waals surface area contributed by atoms with Gasteiger partial charge in [-0.05, 0) is 41.5 Å². The van der Waals surface area contributed by atoms with E-state index in [2.05, 4.69) is 18.7 Å². The quantitative estimate of drug-likeness (QED) is 0.720. The van der Waals surface area contributed by atoms with Gasteiger partial charge in [-0.25, -0.2) is 4.39 Å². The van der Waals surface area contributed by atoms with E-state index in [4.69, 9.17) is 4.74 Å². The van der Waals surface area contributed by atoms with E-state index in [1.807, 2.05) is 23.3 Å². The zero-order valence-electron chi connectivity index (χ0n) is 15.9. The summed E-state index contributed by atoms with van der Waals surface area (Å²) >= 11 is 1.71. The predicted octanol–water partition coefficient (Wildman–Crippen LogP) is 4.38. The summed E-state index contributed by atoms with van der Waals surface area (Å²) in [6.07, 6.45) is 2.90. The second kappa shape index (κ2) is 8.10. The highest BCUT2D eigenvalue weighted by Gasteiger charge is 2.38. The lowest BCUT2D eigenvalue weighted by molar-refractivity contribution is -0.147. The third-order valence-electron chi connectivity index (χ3n) is 5.66. The molecule has 0 N–H and O–H groups in total. The number of thioether (sulfide) groups is 1. The molecule has 0 bridgehead atoms. The fourth-order valence-electron chi connectivity index (χ4n) is 4.14.